The number of rotatable bonds is 4. The van der Waals surface area contributed by atoms with E-state index in [1.54, 1.807) is 17.6 Å². The van der Waals surface area contributed by atoms with Gasteiger partial charge in [-0.1, -0.05) is 6.07 Å². The zero-order valence-corrected chi connectivity index (χ0v) is 17.7. The van der Waals surface area contributed by atoms with Gasteiger partial charge in [-0.25, -0.2) is 10.5 Å². The van der Waals surface area contributed by atoms with Gasteiger partial charge < -0.3 is 19.8 Å². The number of ether oxygens (including phenoxy) is 2. The molecule has 2 aliphatic rings. The zero-order chi connectivity index (χ0) is 23.9. The first-order valence-electron chi connectivity index (χ1n) is 10.7. The van der Waals surface area contributed by atoms with Crippen LogP contribution in [0.1, 0.15) is 46.7 Å². The summed E-state index contributed by atoms with van der Waals surface area (Å²) in [6, 6.07) is 8.81. The van der Waals surface area contributed by atoms with Crippen LogP contribution in [0.25, 0.3) is 11.0 Å². The van der Waals surface area contributed by atoms with Gasteiger partial charge in [-0.15, -0.1) is 0 Å². The largest absolute Gasteiger partial charge is 0.491 e. The second-order valence-corrected chi connectivity index (χ2v) is 8.32. The van der Waals surface area contributed by atoms with Crippen molar-refractivity contribution in [2.75, 3.05) is 5.32 Å². The Morgan fingerprint density at radius 3 is 2.68 bits per heavy atom. The van der Waals surface area contributed by atoms with Crippen LogP contribution in [0.5, 0.6) is 0 Å². The number of halogens is 3. The lowest BCUT2D eigenvalue weighted by atomic mass is 9.79. The van der Waals surface area contributed by atoms with Crippen LogP contribution < -0.4 is 10.8 Å². The number of benzene rings is 2. The summed E-state index contributed by atoms with van der Waals surface area (Å²) in [5, 5.41) is 11.8. The maximum Gasteiger partial charge on any atom is 0.416 e. The monoisotopic (exact) mass is 474 g/mol. The van der Waals surface area contributed by atoms with Gasteiger partial charge in [0, 0.05) is 11.3 Å². The molecule has 0 saturated heterocycles. The molecule has 1 fully saturated rings. The number of imidazole rings is 1. The van der Waals surface area contributed by atoms with E-state index in [1.165, 1.54) is 30.7 Å². The molecule has 1 saturated carbocycles. The van der Waals surface area contributed by atoms with Crippen LogP contribution in [0, 0.1) is 0 Å². The smallest absolute Gasteiger partial charge is 0.416 e. The molecule has 1 amide bonds. The van der Waals surface area contributed by atoms with Crippen molar-refractivity contribution in [1.82, 2.24) is 15.4 Å². The van der Waals surface area contributed by atoms with E-state index in [2.05, 4.69) is 15.3 Å². The van der Waals surface area contributed by atoms with E-state index in [-0.39, 0.29) is 40.7 Å². The van der Waals surface area contributed by atoms with E-state index in [9.17, 15) is 18.0 Å². The number of hydroxylamine groups is 1. The Kier molecular flexibility index (Phi) is 5.56. The fourth-order valence-electron chi connectivity index (χ4n) is 4.60. The van der Waals surface area contributed by atoms with Crippen molar-refractivity contribution in [2.24, 2.45) is 0 Å². The van der Waals surface area contributed by atoms with Gasteiger partial charge in [0.15, 0.2) is 0 Å². The molecule has 3 unspecified atom stereocenters. The van der Waals surface area contributed by atoms with Crippen LogP contribution >= 0.6 is 0 Å². The molecule has 8 nitrogen and oxygen atoms in total. The number of hydrogen-bond acceptors (Lipinski definition) is 6. The minimum absolute atomic E-state index is 0.147. The summed E-state index contributed by atoms with van der Waals surface area (Å²) < 4.78 is 53.1. The lowest BCUT2D eigenvalue weighted by molar-refractivity contribution is -0.138. The maximum atomic E-state index is 14.0. The first-order valence-corrected chi connectivity index (χ1v) is 10.7. The van der Waals surface area contributed by atoms with E-state index in [0.717, 1.165) is 6.07 Å². The van der Waals surface area contributed by atoms with Crippen LogP contribution in [-0.4, -0.2) is 33.3 Å². The van der Waals surface area contributed by atoms with Gasteiger partial charge in [0.1, 0.15) is 24.7 Å². The van der Waals surface area contributed by atoms with Crippen molar-refractivity contribution in [1.29, 1.82) is 0 Å². The number of carbonyl (C=O) groups excluding carboxylic acids is 1. The molecule has 0 radical (unpaired) electrons. The third-order valence-electron chi connectivity index (χ3n) is 6.18. The highest BCUT2D eigenvalue weighted by atomic mass is 19.4. The van der Waals surface area contributed by atoms with E-state index in [1.807, 2.05) is 0 Å². The predicted octanol–water partition coefficient (Wildman–Crippen LogP) is 4.97. The van der Waals surface area contributed by atoms with Crippen molar-refractivity contribution >= 4 is 28.6 Å². The summed E-state index contributed by atoms with van der Waals surface area (Å²) in [4.78, 5) is 18.9. The summed E-state index contributed by atoms with van der Waals surface area (Å²) in [5.41, 5.74) is 2.33. The van der Waals surface area contributed by atoms with Crippen LogP contribution in [-0.2, 0) is 15.7 Å². The summed E-state index contributed by atoms with van der Waals surface area (Å²) in [5.74, 6) is -0.810. The molecular formula is C23H21F3N4O4. The third-order valence-corrected chi connectivity index (χ3v) is 6.18. The number of fused-ring (bicyclic) bond motifs is 2. The maximum absolute atomic E-state index is 14.0. The van der Waals surface area contributed by atoms with Crippen molar-refractivity contribution in [3.8, 4) is 0 Å². The average molecular weight is 474 g/mol. The van der Waals surface area contributed by atoms with E-state index in [4.69, 9.17) is 14.7 Å². The second-order valence-electron chi connectivity index (χ2n) is 8.32. The minimum atomic E-state index is -4.54. The number of hydrogen-bond donors (Lipinski definition) is 4. The number of nitrogens with one attached hydrogen (secondary N) is 3. The molecule has 4 N–H and O–H groups in total. The van der Waals surface area contributed by atoms with E-state index < -0.39 is 17.6 Å². The SMILES string of the molecule is O=C(NO)c1cccc(Nc2nc3cc(C(F)(F)F)c(C4CCC5OC=COC5C4)cc3[nH]2)c1. The Morgan fingerprint density at radius 1 is 1.12 bits per heavy atom. The van der Waals surface area contributed by atoms with Crippen molar-refractivity contribution in [2.45, 2.75) is 43.6 Å². The summed E-state index contributed by atoms with van der Waals surface area (Å²) in [6.45, 7) is 0. The van der Waals surface area contributed by atoms with E-state index in [0.29, 0.717) is 30.5 Å². The number of carbonyl (C=O) groups is 1. The normalized spacial score (nSPS) is 21.9. The summed E-state index contributed by atoms with van der Waals surface area (Å²) in [7, 11) is 0. The van der Waals surface area contributed by atoms with Gasteiger partial charge in [0.2, 0.25) is 5.95 Å². The molecule has 34 heavy (non-hydrogen) atoms. The molecule has 1 aliphatic heterocycles. The molecule has 3 atom stereocenters. The molecule has 0 bridgehead atoms. The standard InChI is InChI=1S/C23H21F3N4O4/c24-23(25,26)16-11-18-17(10-15(16)12-4-5-19-20(9-12)34-7-6-33-19)28-22(29-18)27-14-3-1-2-13(8-14)21(31)30-32/h1-3,6-8,10-12,19-20,32H,4-5,9H2,(H,30,31)(H2,27,28,29). The predicted molar refractivity (Wildman–Crippen MR) is 116 cm³/mol. The zero-order valence-electron chi connectivity index (χ0n) is 17.7. The average Bonchev–Trinajstić information content (AvgIpc) is 3.23. The van der Waals surface area contributed by atoms with Crippen LogP contribution in [0.4, 0.5) is 24.8 Å². The molecule has 11 heteroatoms. The first kappa shape index (κ1) is 22.1. The van der Waals surface area contributed by atoms with Crippen molar-refractivity contribution in [3.63, 3.8) is 0 Å². The number of aromatic amines is 1. The summed E-state index contributed by atoms with van der Waals surface area (Å²) >= 11 is 0. The van der Waals surface area contributed by atoms with Gasteiger partial charge in [0.05, 0.1) is 16.6 Å². The van der Waals surface area contributed by atoms with Gasteiger partial charge >= 0.3 is 6.18 Å². The number of amides is 1. The Morgan fingerprint density at radius 2 is 1.91 bits per heavy atom. The third kappa shape index (κ3) is 4.26. The number of nitrogens with zero attached hydrogens (tertiary/aromatic N) is 1. The molecule has 1 aliphatic carbocycles. The van der Waals surface area contributed by atoms with Crippen LogP contribution in [0.15, 0.2) is 48.9 Å². The number of anilines is 2. The summed E-state index contributed by atoms with van der Waals surface area (Å²) in [6.07, 6.45) is -0.503. The molecule has 178 valence electrons. The Labute approximate surface area is 191 Å². The van der Waals surface area contributed by atoms with Gasteiger partial charge in [-0.3, -0.25) is 10.0 Å². The first-order chi connectivity index (χ1) is 16.3. The lowest BCUT2D eigenvalue weighted by Crippen LogP contribution is -2.37. The second kappa shape index (κ2) is 8.56. The topological polar surface area (TPSA) is 108 Å². The fraction of sp³-hybridized carbons (Fsp3) is 0.304. The minimum Gasteiger partial charge on any atom is -0.491 e. The van der Waals surface area contributed by atoms with Gasteiger partial charge in [-0.05, 0) is 61.1 Å². The highest BCUT2D eigenvalue weighted by molar-refractivity contribution is 5.94. The number of H-pyrrole nitrogens is 1. The molecule has 3 aromatic rings. The fourth-order valence-corrected chi connectivity index (χ4v) is 4.60. The highest BCUT2D eigenvalue weighted by Gasteiger charge is 2.40. The Bertz CT molecular complexity index is 1260. The molecule has 2 heterocycles. The number of aromatic nitrogens is 2. The van der Waals surface area contributed by atoms with Crippen LogP contribution in [0.3, 0.4) is 0 Å². The number of alkyl halides is 3. The molecule has 5 rings (SSSR count). The molecular weight excluding hydrogens is 453 g/mol. The quantitative estimate of drug-likeness (QED) is 0.314. The molecule has 0 spiro atoms. The molecule has 2 aromatic carbocycles. The van der Waals surface area contributed by atoms with Crippen LogP contribution in [0.2, 0.25) is 0 Å². The van der Waals surface area contributed by atoms with Gasteiger partial charge in [0.25, 0.3) is 5.91 Å². The Balaban J connectivity index is 1.47. The lowest BCUT2D eigenvalue weighted by Gasteiger charge is -2.37. The van der Waals surface area contributed by atoms with Crippen molar-refractivity contribution < 1.29 is 32.6 Å². The Hall–Kier alpha value is -3.73. The van der Waals surface area contributed by atoms with Crippen molar-refractivity contribution in [3.05, 3.63) is 65.6 Å². The highest BCUT2D eigenvalue weighted by Crippen LogP contribution is 2.44. The molecule has 1 aromatic heterocycles. The van der Waals surface area contributed by atoms with E-state index >= 15 is 0 Å². The van der Waals surface area contributed by atoms with Gasteiger partial charge in [-0.2, -0.15) is 13.2 Å².